The Balaban J connectivity index is 0.000000414. The molecule has 0 radical (unpaired) electrons. The third kappa shape index (κ3) is 10.1. The lowest BCUT2D eigenvalue weighted by Crippen LogP contribution is -2.17. The molecule has 1 aromatic rings. The summed E-state index contributed by atoms with van der Waals surface area (Å²) in [6.07, 6.45) is 3.95. The zero-order chi connectivity index (χ0) is 17.5. The highest BCUT2D eigenvalue weighted by molar-refractivity contribution is 5.33. The average molecular weight is 323 g/mol. The minimum Gasteiger partial charge on any atom is -0.496 e. The molecule has 1 aliphatic heterocycles. The topological polar surface area (TPSA) is 47.9 Å². The Morgan fingerprint density at radius 2 is 1.83 bits per heavy atom. The largest absolute Gasteiger partial charge is 0.496 e. The number of ether oxygens (including phenoxy) is 2. The van der Waals surface area contributed by atoms with E-state index in [2.05, 4.69) is 31.2 Å². The van der Waals surface area contributed by atoms with Gasteiger partial charge in [-0.2, -0.15) is 4.91 Å². The Bertz CT molecular complexity index is 401. The number of para-hydroxylation sites is 1. The Morgan fingerprint density at radius 3 is 2.30 bits per heavy atom. The Morgan fingerprint density at radius 1 is 1.22 bits per heavy atom. The third-order valence-corrected chi connectivity index (χ3v) is 3.52. The lowest BCUT2D eigenvalue weighted by Gasteiger charge is -2.14. The van der Waals surface area contributed by atoms with Crippen LogP contribution in [0, 0.1) is 10.8 Å². The van der Waals surface area contributed by atoms with Gasteiger partial charge in [0.1, 0.15) is 5.75 Å². The zero-order valence-corrected chi connectivity index (χ0v) is 15.4. The summed E-state index contributed by atoms with van der Waals surface area (Å²) in [5.41, 5.74) is 1.32. The van der Waals surface area contributed by atoms with Crippen LogP contribution >= 0.6 is 0 Å². The van der Waals surface area contributed by atoms with Crippen LogP contribution in [0.15, 0.2) is 29.4 Å². The first-order valence-corrected chi connectivity index (χ1v) is 8.69. The van der Waals surface area contributed by atoms with Crippen molar-refractivity contribution in [2.45, 2.75) is 59.4 Å². The third-order valence-electron chi connectivity index (χ3n) is 3.52. The Hall–Kier alpha value is -1.42. The molecule has 4 heteroatoms. The van der Waals surface area contributed by atoms with E-state index in [1.807, 2.05) is 26.0 Å². The van der Waals surface area contributed by atoms with E-state index in [4.69, 9.17) is 9.47 Å². The fourth-order valence-electron chi connectivity index (χ4n) is 2.14. The molecule has 0 bridgehead atoms. The van der Waals surface area contributed by atoms with Crippen molar-refractivity contribution < 1.29 is 9.47 Å². The second-order valence-corrected chi connectivity index (χ2v) is 5.69. The van der Waals surface area contributed by atoms with Crippen LogP contribution in [0.25, 0.3) is 0 Å². The van der Waals surface area contributed by atoms with Crippen LogP contribution in [-0.2, 0) is 11.2 Å². The van der Waals surface area contributed by atoms with E-state index in [0.717, 1.165) is 30.9 Å². The van der Waals surface area contributed by atoms with Gasteiger partial charge in [0.2, 0.25) is 0 Å². The van der Waals surface area contributed by atoms with Gasteiger partial charge in [0, 0.05) is 13.2 Å². The summed E-state index contributed by atoms with van der Waals surface area (Å²) in [5.74, 6) is 1.77. The molecule has 0 aliphatic carbocycles. The van der Waals surface area contributed by atoms with Crippen LogP contribution in [0.2, 0.25) is 0 Å². The van der Waals surface area contributed by atoms with Crippen LogP contribution in [0.4, 0.5) is 0 Å². The molecule has 1 saturated heterocycles. The quantitative estimate of drug-likeness (QED) is 0.696. The van der Waals surface area contributed by atoms with Crippen molar-refractivity contribution >= 4 is 0 Å². The second-order valence-electron chi connectivity index (χ2n) is 5.69. The molecule has 1 heterocycles. The lowest BCUT2D eigenvalue weighted by atomic mass is 10.0. The molecule has 2 rings (SSSR count). The smallest absolute Gasteiger partial charge is 0.122 e. The molecule has 1 aliphatic rings. The first-order valence-electron chi connectivity index (χ1n) is 8.69. The molecular weight excluding hydrogens is 290 g/mol. The van der Waals surface area contributed by atoms with Crippen molar-refractivity contribution in [3.05, 3.63) is 34.7 Å². The van der Waals surface area contributed by atoms with E-state index in [0.29, 0.717) is 13.2 Å². The van der Waals surface area contributed by atoms with Crippen molar-refractivity contribution in [2.24, 2.45) is 11.1 Å². The standard InChI is InChI=1S/C12H18O.C5H9NO2.C2H6/c1-10(2)8-9-11-6-4-5-7-12(11)13-3;7-6-5-1-3-8-4-2-5;1-2/h4-7,10H,8-9H2,1-3H3;5H,1-4H2;1-2H3. The highest BCUT2D eigenvalue weighted by atomic mass is 16.5. The predicted molar refractivity (Wildman–Crippen MR) is 97.1 cm³/mol. The maximum atomic E-state index is 9.85. The Kier molecular flexibility index (Phi) is 13.3. The van der Waals surface area contributed by atoms with Gasteiger partial charge in [-0.05, 0) is 43.2 Å². The number of hydrogen-bond donors (Lipinski definition) is 0. The van der Waals surface area contributed by atoms with E-state index in [1.54, 1.807) is 7.11 Å². The maximum Gasteiger partial charge on any atom is 0.122 e. The van der Waals surface area contributed by atoms with Crippen molar-refractivity contribution in [3.8, 4) is 5.75 Å². The molecule has 0 atom stereocenters. The van der Waals surface area contributed by atoms with Crippen LogP contribution in [0.3, 0.4) is 0 Å². The maximum absolute atomic E-state index is 9.85. The fourth-order valence-corrected chi connectivity index (χ4v) is 2.14. The van der Waals surface area contributed by atoms with Gasteiger partial charge in [0.15, 0.2) is 0 Å². The van der Waals surface area contributed by atoms with Crippen LogP contribution in [-0.4, -0.2) is 26.4 Å². The van der Waals surface area contributed by atoms with Crippen molar-refractivity contribution in [3.63, 3.8) is 0 Å². The van der Waals surface area contributed by atoms with Gasteiger partial charge < -0.3 is 9.47 Å². The molecule has 0 aromatic heterocycles. The SMILES string of the molecule is CC.COc1ccccc1CCC(C)C.O=NC1CCOCC1. The highest BCUT2D eigenvalue weighted by Gasteiger charge is 2.12. The highest BCUT2D eigenvalue weighted by Crippen LogP contribution is 2.20. The van der Waals surface area contributed by atoms with Crippen LogP contribution in [0.1, 0.15) is 52.5 Å². The first-order chi connectivity index (χ1) is 11.2. The van der Waals surface area contributed by atoms with Gasteiger partial charge in [-0.3, -0.25) is 0 Å². The molecule has 23 heavy (non-hydrogen) atoms. The molecular formula is C19H33NO3. The van der Waals surface area contributed by atoms with Gasteiger partial charge in [0.25, 0.3) is 0 Å². The lowest BCUT2D eigenvalue weighted by molar-refractivity contribution is 0.0868. The number of aryl methyl sites for hydroxylation is 1. The number of rotatable bonds is 5. The average Bonchev–Trinajstić information content (AvgIpc) is 2.63. The van der Waals surface area contributed by atoms with E-state index >= 15 is 0 Å². The monoisotopic (exact) mass is 323 g/mol. The number of nitroso groups, excluding NO2 is 1. The summed E-state index contributed by atoms with van der Waals surface area (Å²) in [7, 11) is 1.73. The van der Waals surface area contributed by atoms with Gasteiger partial charge in [0.05, 0.1) is 13.2 Å². The molecule has 0 N–H and O–H groups in total. The molecule has 1 aromatic carbocycles. The second kappa shape index (κ2) is 14.2. The molecule has 4 nitrogen and oxygen atoms in total. The Labute approximate surface area is 141 Å². The van der Waals surface area contributed by atoms with Gasteiger partial charge in [-0.1, -0.05) is 51.1 Å². The molecule has 1 fully saturated rings. The molecule has 0 amide bonds. The summed E-state index contributed by atoms with van der Waals surface area (Å²) in [5, 5.41) is 2.92. The zero-order valence-electron chi connectivity index (χ0n) is 15.4. The van der Waals surface area contributed by atoms with Crippen molar-refractivity contribution in [1.29, 1.82) is 0 Å². The fraction of sp³-hybridized carbons (Fsp3) is 0.684. The number of hydrogen-bond acceptors (Lipinski definition) is 4. The number of methoxy groups -OCH3 is 1. The van der Waals surface area contributed by atoms with E-state index in [1.165, 1.54) is 12.0 Å². The van der Waals surface area contributed by atoms with Crippen molar-refractivity contribution in [2.75, 3.05) is 20.3 Å². The summed E-state index contributed by atoms with van der Waals surface area (Å²) in [4.78, 5) is 9.85. The first kappa shape index (κ1) is 21.6. The minimum absolute atomic E-state index is 0.0312. The summed E-state index contributed by atoms with van der Waals surface area (Å²) in [6.45, 7) is 9.90. The van der Waals surface area contributed by atoms with E-state index in [9.17, 15) is 4.91 Å². The van der Waals surface area contributed by atoms with Crippen molar-refractivity contribution in [1.82, 2.24) is 0 Å². The van der Waals surface area contributed by atoms with Gasteiger partial charge in [-0.15, -0.1) is 0 Å². The summed E-state index contributed by atoms with van der Waals surface area (Å²) < 4.78 is 10.3. The number of benzene rings is 1. The predicted octanol–water partition coefficient (Wildman–Crippen LogP) is 5.24. The molecule has 0 unspecified atom stereocenters. The van der Waals surface area contributed by atoms with E-state index < -0.39 is 0 Å². The van der Waals surface area contributed by atoms with Gasteiger partial charge >= 0.3 is 0 Å². The summed E-state index contributed by atoms with van der Waals surface area (Å²) in [6, 6.07) is 8.27. The van der Waals surface area contributed by atoms with Crippen LogP contribution < -0.4 is 4.74 Å². The minimum atomic E-state index is 0.0312. The summed E-state index contributed by atoms with van der Waals surface area (Å²) >= 11 is 0. The van der Waals surface area contributed by atoms with Crippen LogP contribution in [0.5, 0.6) is 5.75 Å². The van der Waals surface area contributed by atoms with E-state index in [-0.39, 0.29) is 6.04 Å². The number of nitrogens with zero attached hydrogens (tertiary/aromatic N) is 1. The molecule has 0 spiro atoms. The molecule has 0 saturated carbocycles. The normalized spacial score (nSPS) is 14.2. The van der Waals surface area contributed by atoms with Gasteiger partial charge in [-0.25, -0.2) is 0 Å². The molecule has 132 valence electrons.